The molecule has 0 spiro atoms. The molecule has 16 heavy (non-hydrogen) atoms. The van der Waals surface area contributed by atoms with Crippen molar-refractivity contribution in [2.24, 2.45) is 11.8 Å². The topological polar surface area (TPSA) is 35.5 Å². The molecule has 1 fully saturated rings. The van der Waals surface area contributed by atoms with E-state index in [1.807, 2.05) is 18.2 Å². The van der Waals surface area contributed by atoms with Crippen LogP contribution in [0.1, 0.15) is 23.7 Å². The second kappa shape index (κ2) is 3.51. The molecule has 0 amide bonds. The van der Waals surface area contributed by atoms with Crippen LogP contribution in [0.3, 0.4) is 0 Å². The second-order valence-corrected chi connectivity index (χ2v) is 4.54. The predicted octanol–water partition coefficient (Wildman–Crippen LogP) is 2.30. The smallest absolute Gasteiger partial charge is 0.166 e. The lowest BCUT2D eigenvalue weighted by atomic mass is 10.1. The maximum atomic E-state index is 12.0. The fourth-order valence-electron chi connectivity index (χ4n) is 2.10. The fraction of sp³-hybridized carbons (Fsp3) is 0.462. The summed E-state index contributed by atoms with van der Waals surface area (Å²) in [4.78, 5) is 12.0. The fourth-order valence-corrected chi connectivity index (χ4v) is 2.10. The first kappa shape index (κ1) is 9.70. The molecule has 1 aromatic rings. The predicted molar refractivity (Wildman–Crippen MR) is 59.0 cm³/mol. The molecule has 2 unspecified atom stereocenters. The molecule has 1 aromatic carbocycles. The molecule has 2 atom stereocenters. The van der Waals surface area contributed by atoms with Crippen LogP contribution in [0, 0.1) is 11.8 Å². The summed E-state index contributed by atoms with van der Waals surface area (Å²) >= 11 is 0. The Balaban J connectivity index is 1.88. The number of fused-ring (bicyclic) bond motifs is 1. The molecule has 1 aliphatic heterocycles. The van der Waals surface area contributed by atoms with E-state index in [9.17, 15) is 4.79 Å². The molecule has 0 bridgehead atoms. The van der Waals surface area contributed by atoms with Crippen molar-refractivity contribution >= 4 is 5.78 Å². The van der Waals surface area contributed by atoms with E-state index >= 15 is 0 Å². The number of rotatable bonds is 2. The van der Waals surface area contributed by atoms with Crippen molar-refractivity contribution in [2.75, 3.05) is 13.2 Å². The molecule has 0 aromatic heterocycles. The zero-order valence-electron chi connectivity index (χ0n) is 9.23. The van der Waals surface area contributed by atoms with Gasteiger partial charge in [-0.15, -0.1) is 0 Å². The molecule has 2 aliphatic rings. The summed E-state index contributed by atoms with van der Waals surface area (Å²) in [5.74, 6) is 2.45. The first-order valence-electron chi connectivity index (χ1n) is 5.69. The van der Waals surface area contributed by atoms with E-state index in [1.54, 1.807) is 0 Å². The molecule has 1 aliphatic carbocycles. The highest BCUT2D eigenvalue weighted by atomic mass is 16.6. The average molecular weight is 218 g/mol. The number of hydrogen-bond donors (Lipinski definition) is 0. The molecule has 0 radical (unpaired) electrons. The van der Waals surface area contributed by atoms with E-state index < -0.39 is 0 Å². The van der Waals surface area contributed by atoms with E-state index in [4.69, 9.17) is 9.47 Å². The lowest BCUT2D eigenvalue weighted by Crippen LogP contribution is -2.16. The molecule has 1 heterocycles. The molecule has 3 rings (SSSR count). The third-order valence-corrected chi connectivity index (χ3v) is 3.27. The summed E-state index contributed by atoms with van der Waals surface area (Å²) in [7, 11) is 0. The molecule has 0 saturated heterocycles. The quantitative estimate of drug-likeness (QED) is 0.714. The van der Waals surface area contributed by atoms with Gasteiger partial charge in [0.05, 0.1) is 0 Å². The number of hydrogen-bond acceptors (Lipinski definition) is 3. The lowest BCUT2D eigenvalue weighted by Gasteiger charge is -2.18. The van der Waals surface area contributed by atoms with Gasteiger partial charge >= 0.3 is 0 Å². The number of ether oxygens (including phenoxy) is 2. The van der Waals surface area contributed by atoms with Gasteiger partial charge in [-0.3, -0.25) is 4.79 Å². The van der Waals surface area contributed by atoms with Crippen molar-refractivity contribution in [3.8, 4) is 11.5 Å². The minimum atomic E-state index is 0.225. The Labute approximate surface area is 94.4 Å². The minimum absolute atomic E-state index is 0.225. The zero-order valence-corrected chi connectivity index (χ0v) is 9.23. The molecule has 84 valence electrons. The standard InChI is InChI=1S/C13H14O3/c1-8-6-10(8)13(14)9-2-3-11-12(7-9)16-5-4-15-11/h2-3,7-8,10H,4-6H2,1H3. The van der Waals surface area contributed by atoms with Crippen LogP contribution in [0.15, 0.2) is 18.2 Å². The third kappa shape index (κ3) is 1.56. The molecule has 3 nitrogen and oxygen atoms in total. The SMILES string of the molecule is CC1CC1C(=O)c1ccc2c(c1)OCCO2. The van der Waals surface area contributed by atoms with Gasteiger partial charge in [0.25, 0.3) is 0 Å². The first-order valence-corrected chi connectivity index (χ1v) is 5.69. The zero-order chi connectivity index (χ0) is 11.1. The van der Waals surface area contributed by atoms with E-state index in [0.717, 1.165) is 17.7 Å². The minimum Gasteiger partial charge on any atom is -0.486 e. The van der Waals surface area contributed by atoms with Gasteiger partial charge in [0.1, 0.15) is 13.2 Å². The molecule has 3 heteroatoms. The monoisotopic (exact) mass is 218 g/mol. The Bertz CT molecular complexity index is 439. The van der Waals surface area contributed by atoms with Gasteiger partial charge < -0.3 is 9.47 Å². The highest BCUT2D eigenvalue weighted by Crippen LogP contribution is 2.41. The highest BCUT2D eigenvalue weighted by molar-refractivity contribution is 6.00. The van der Waals surface area contributed by atoms with Crippen molar-refractivity contribution < 1.29 is 14.3 Å². The summed E-state index contributed by atoms with van der Waals surface area (Å²) in [6.45, 7) is 3.25. The van der Waals surface area contributed by atoms with E-state index in [1.165, 1.54) is 0 Å². The van der Waals surface area contributed by atoms with Crippen LogP contribution in [0.4, 0.5) is 0 Å². The summed E-state index contributed by atoms with van der Waals surface area (Å²) in [5.41, 5.74) is 0.749. The number of carbonyl (C=O) groups is 1. The van der Waals surface area contributed by atoms with E-state index in [-0.39, 0.29) is 11.7 Å². The number of benzene rings is 1. The van der Waals surface area contributed by atoms with Crippen molar-refractivity contribution in [1.82, 2.24) is 0 Å². The Morgan fingerprint density at radius 2 is 1.94 bits per heavy atom. The molecule has 0 N–H and O–H groups in total. The molecular weight excluding hydrogens is 204 g/mol. The van der Waals surface area contributed by atoms with Gasteiger partial charge in [-0.1, -0.05) is 6.92 Å². The van der Waals surface area contributed by atoms with Crippen molar-refractivity contribution in [1.29, 1.82) is 0 Å². The summed E-state index contributed by atoms with van der Waals surface area (Å²) in [6, 6.07) is 5.47. The van der Waals surface area contributed by atoms with Gasteiger partial charge in [-0.2, -0.15) is 0 Å². The van der Waals surface area contributed by atoms with E-state index in [2.05, 4.69) is 6.92 Å². The van der Waals surface area contributed by atoms with Gasteiger partial charge in [0.15, 0.2) is 17.3 Å². The van der Waals surface area contributed by atoms with Gasteiger partial charge in [-0.05, 0) is 30.5 Å². The van der Waals surface area contributed by atoms with Gasteiger partial charge in [0, 0.05) is 11.5 Å². The normalized spacial score (nSPS) is 26.3. The third-order valence-electron chi connectivity index (χ3n) is 3.27. The van der Waals surface area contributed by atoms with Crippen LogP contribution in [0.5, 0.6) is 11.5 Å². The Morgan fingerprint density at radius 3 is 2.62 bits per heavy atom. The van der Waals surface area contributed by atoms with E-state index in [0.29, 0.717) is 24.9 Å². The van der Waals surface area contributed by atoms with Crippen LogP contribution >= 0.6 is 0 Å². The van der Waals surface area contributed by atoms with Crippen molar-refractivity contribution in [3.05, 3.63) is 23.8 Å². The molecular formula is C13H14O3. The molecule has 1 saturated carbocycles. The summed E-state index contributed by atoms with van der Waals surface area (Å²) in [5, 5.41) is 0. The van der Waals surface area contributed by atoms with Gasteiger partial charge in [0.2, 0.25) is 0 Å². The average Bonchev–Trinajstić information content (AvgIpc) is 3.05. The maximum Gasteiger partial charge on any atom is 0.166 e. The van der Waals surface area contributed by atoms with Crippen LogP contribution in [0.2, 0.25) is 0 Å². The Morgan fingerprint density at radius 1 is 1.25 bits per heavy atom. The van der Waals surface area contributed by atoms with Gasteiger partial charge in [-0.25, -0.2) is 0 Å². The summed E-state index contributed by atoms with van der Waals surface area (Å²) < 4.78 is 10.9. The highest BCUT2D eigenvalue weighted by Gasteiger charge is 2.39. The van der Waals surface area contributed by atoms with Crippen molar-refractivity contribution in [2.45, 2.75) is 13.3 Å². The number of ketones is 1. The van der Waals surface area contributed by atoms with Crippen LogP contribution in [-0.2, 0) is 0 Å². The Hall–Kier alpha value is -1.51. The first-order chi connectivity index (χ1) is 7.75. The van der Waals surface area contributed by atoms with Crippen LogP contribution in [0.25, 0.3) is 0 Å². The lowest BCUT2D eigenvalue weighted by molar-refractivity contribution is 0.0961. The Kier molecular flexibility index (Phi) is 2.13. The second-order valence-electron chi connectivity index (χ2n) is 4.54. The number of Topliss-reactive ketones (excluding diaryl/α,β-unsaturated/α-hetero) is 1. The largest absolute Gasteiger partial charge is 0.486 e. The van der Waals surface area contributed by atoms with Crippen LogP contribution < -0.4 is 9.47 Å². The van der Waals surface area contributed by atoms with Crippen LogP contribution in [-0.4, -0.2) is 19.0 Å². The maximum absolute atomic E-state index is 12.0. The summed E-state index contributed by atoms with van der Waals surface area (Å²) in [6.07, 6.45) is 1.02. The number of carbonyl (C=O) groups excluding carboxylic acids is 1. The van der Waals surface area contributed by atoms with Crippen molar-refractivity contribution in [3.63, 3.8) is 0 Å².